The van der Waals surface area contributed by atoms with E-state index in [1.54, 1.807) is 6.20 Å². The molecular weight excluding hydrogens is 323 g/mol. The highest BCUT2D eigenvalue weighted by atomic mass is 35.5. The molecule has 7 heteroatoms. The molecule has 2 aliphatic rings. The lowest BCUT2D eigenvalue weighted by Gasteiger charge is -2.20. The average Bonchev–Trinajstić information content (AvgIpc) is 3.19. The van der Waals surface area contributed by atoms with Gasteiger partial charge in [0.1, 0.15) is 5.82 Å². The fourth-order valence-electron chi connectivity index (χ4n) is 2.75. The number of nitrogens with two attached hydrogens (primary N) is 1. The first kappa shape index (κ1) is 19.0. The Morgan fingerprint density at radius 1 is 1.36 bits per heavy atom. The third-order valence-corrected chi connectivity index (χ3v) is 4.16. The third kappa shape index (κ3) is 4.48. The van der Waals surface area contributed by atoms with Crippen molar-refractivity contribution in [2.45, 2.75) is 31.7 Å². The van der Waals surface area contributed by atoms with Crippen LogP contribution in [0.4, 0.5) is 5.82 Å². The van der Waals surface area contributed by atoms with Crippen molar-refractivity contribution < 1.29 is 4.79 Å². The quantitative estimate of drug-likeness (QED) is 0.855. The molecule has 0 spiro atoms. The van der Waals surface area contributed by atoms with Crippen molar-refractivity contribution in [2.24, 2.45) is 11.7 Å². The van der Waals surface area contributed by atoms with Crippen molar-refractivity contribution in [2.75, 3.05) is 24.5 Å². The Morgan fingerprint density at radius 3 is 2.68 bits per heavy atom. The molecule has 1 aliphatic carbocycles. The normalized spacial score (nSPS) is 18.1. The molecule has 5 nitrogen and oxygen atoms in total. The third-order valence-electron chi connectivity index (χ3n) is 4.16. The monoisotopic (exact) mass is 346 g/mol. The Labute approximate surface area is 143 Å². The van der Waals surface area contributed by atoms with Gasteiger partial charge in [0.2, 0.25) is 0 Å². The van der Waals surface area contributed by atoms with Crippen molar-refractivity contribution in [1.82, 2.24) is 10.3 Å². The maximum Gasteiger partial charge on any atom is 0.255 e. The first-order valence-corrected chi connectivity index (χ1v) is 7.49. The van der Waals surface area contributed by atoms with E-state index in [0.717, 1.165) is 18.9 Å². The van der Waals surface area contributed by atoms with E-state index in [-0.39, 0.29) is 36.8 Å². The van der Waals surface area contributed by atoms with Crippen molar-refractivity contribution in [3.8, 4) is 0 Å². The van der Waals surface area contributed by atoms with E-state index in [1.807, 2.05) is 12.1 Å². The Balaban J connectivity index is 0.00000121. The second kappa shape index (κ2) is 8.56. The zero-order valence-corrected chi connectivity index (χ0v) is 14.2. The van der Waals surface area contributed by atoms with Crippen LogP contribution in [0, 0.1) is 5.92 Å². The number of rotatable bonds is 5. The van der Waals surface area contributed by atoms with Gasteiger partial charge in [0.25, 0.3) is 5.91 Å². The van der Waals surface area contributed by atoms with Gasteiger partial charge in [0.15, 0.2) is 0 Å². The summed E-state index contributed by atoms with van der Waals surface area (Å²) in [5, 5.41) is 2.95. The molecule has 3 rings (SSSR count). The van der Waals surface area contributed by atoms with Crippen LogP contribution in [0.25, 0.3) is 0 Å². The molecule has 1 aromatic heterocycles. The number of halogens is 2. The maximum absolute atomic E-state index is 12.3. The fourth-order valence-corrected chi connectivity index (χ4v) is 2.75. The van der Waals surface area contributed by atoms with Gasteiger partial charge in [0, 0.05) is 31.9 Å². The largest absolute Gasteiger partial charge is 0.356 e. The molecule has 124 valence electrons. The summed E-state index contributed by atoms with van der Waals surface area (Å²) in [4.78, 5) is 18.9. The number of aromatic nitrogens is 1. The van der Waals surface area contributed by atoms with E-state index in [4.69, 9.17) is 5.73 Å². The van der Waals surface area contributed by atoms with Crippen LogP contribution in [0.5, 0.6) is 0 Å². The Kier molecular flexibility index (Phi) is 7.39. The summed E-state index contributed by atoms with van der Waals surface area (Å²) in [6.07, 6.45) is 6.49. The summed E-state index contributed by atoms with van der Waals surface area (Å²) in [7, 11) is 0. The number of nitrogens with one attached hydrogen (secondary N) is 1. The lowest BCUT2D eigenvalue weighted by Crippen LogP contribution is -2.39. The number of carbonyl (C=O) groups is 1. The molecule has 2 heterocycles. The molecule has 22 heavy (non-hydrogen) atoms. The molecule has 2 fully saturated rings. The summed E-state index contributed by atoms with van der Waals surface area (Å²) in [5.74, 6) is 1.35. The second-order valence-electron chi connectivity index (χ2n) is 5.78. The molecule has 1 saturated heterocycles. The van der Waals surface area contributed by atoms with Crippen LogP contribution >= 0.6 is 24.8 Å². The number of amides is 1. The molecule has 1 saturated carbocycles. The van der Waals surface area contributed by atoms with E-state index in [9.17, 15) is 4.79 Å². The number of carbonyl (C=O) groups excluding carboxylic acids is 1. The molecule has 3 N–H and O–H groups in total. The molecule has 0 bridgehead atoms. The summed E-state index contributed by atoms with van der Waals surface area (Å²) < 4.78 is 0. The summed E-state index contributed by atoms with van der Waals surface area (Å²) >= 11 is 0. The average molecular weight is 347 g/mol. The lowest BCUT2D eigenvalue weighted by molar-refractivity contribution is 0.0950. The van der Waals surface area contributed by atoms with Crippen molar-refractivity contribution in [3.63, 3.8) is 0 Å². The predicted octanol–water partition coefficient (Wildman–Crippen LogP) is 1.99. The van der Waals surface area contributed by atoms with Crippen LogP contribution in [0.15, 0.2) is 18.3 Å². The smallest absolute Gasteiger partial charge is 0.255 e. The van der Waals surface area contributed by atoms with Gasteiger partial charge in [-0.25, -0.2) is 4.98 Å². The minimum Gasteiger partial charge on any atom is -0.356 e. The second-order valence-corrected chi connectivity index (χ2v) is 5.78. The Morgan fingerprint density at radius 2 is 2.05 bits per heavy atom. The predicted molar refractivity (Wildman–Crippen MR) is 93.2 cm³/mol. The van der Waals surface area contributed by atoms with Crippen LogP contribution < -0.4 is 16.0 Å². The standard InChI is InChI=1S/C15H22N4O.2ClH/c16-13(11-5-6-11)10-18-15(20)12-4-3-7-17-14(12)19-8-1-2-9-19;;/h3-4,7,11,13H,1-2,5-6,8-10,16H2,(H,18,20);2*1H. The number of hydrogen-bond donors (Lipinski definition) is 2. The van der Waals surface area contributed by atoms with Gasteiger partial charge in [-0.3, -0.25) is 4.79 Å². The molecule has 1 aromatic rings. The first-order chi connectivity index (χ1) is 9.75. The minimum absolute atomic E-state index is 0. The minimum atomic E-state index is -0.0592. The zero-order chi connectivity index (χ0) is 13.9. The SMILES string of the molecule is Cl.Cl.NC(CNC(=O)c1cccnc1N1CCCC1)C1CC1. The van der Waals surface area contributed by atoms with E-state index in [1.165, 1.54) is 25.7 Å². The molecule has 1 atom stereocenters. The first-order valence-electron chi connectivity index (χ1n) is 7.49. The Bertz CT molecular complexity index is 490. The highest BCUT2D eigenvalue weighted by molar-refractivity contribution is 5.98. The van der Waals surface area contributed by atoms with Gasteiger partial charge in [-0.15, -0.1) is 24.8 Å². The van der Waals surface area contributed by atoms with E-state index < -0.39 is 0 Å². The topological polar surface area (TPSA) is 71.2 Å². The maximum atomic E-state index is 12.3. The van der Waals surface area contributed by atoms with Gasteiger partial charge in [-0.2, -0.15) is 0 Å². The van der Waals surface area contributed by atoms with Gasteiger partial charge >= 0.3 is 0 Å². The molecule has 1 aliphatic heterocycles. The molecule has 0 aromatic carbocycles. The highest BCUT2D eigenvalue weighted by Gasteiger charge is 2.29. The van der Waals surface area contributed by atoms with E-state index in [0.29, 0.717) is 18.0 Å². The van der Waals surface area contributed by atoms with Crippen molar-refractivity contribution in [3.05, 3.63) is 23.9 Å². The Hall–Kier alpha value is -1.04. The number of anilines is 1. The number of nitrogens with zero attached hydrogens (tertiary/aromatic N) is 2. The van der Waals surface area contributed by atoms with Gasteiger partial charge < -0.3 is 16.0 Å². The number of hydrogen-bond acceptors (Lipinski definition) is 4. The zero-order valence-electron chi connectivity index (χ0n) is 12.5. The summed E-state index contributed by atoms with van der Waals surface area (Å²) in [6, 6.07) is 3.75. The number of pyridine rings is 1. The summed E-state index contributed by atoms with van der Waals surface area (Å²) in [5.41, 5.74) is 6.69. The fraction of sp³-hybridized carbons (Fsp3) is 0.600. The van der Waals surface area contributed by atoms with Crippen molar-refractivity contribution >= 4 is 36.5 Å². The van der Waals surface area contributed by atoms with E-state index >= 15 is 0 Å². The van der Waals surface area contributed by atoms with Gasteiger partial charge in [-0.05, 0) is 43.7 Å². The highest BCUT2D eigenvalue weighted by Crippen LogP contribution is 2.31. The van der Waals surface area contributed by atoms with Crippen LogP contribution in [-0.4, -0.2) is 36.6 Å². The van der Waals surface area contributed by atoms with Gasteiger partial charge in [-0.1, -0.05) is 0 Å². The summed E-state index contributed by atoms with van der Waals surface area (Å²) in [6.45, 7) is 2.52. The van der Waals surface area contributed by atoms with Crippen LogP contribution in [-0.2, 0) is 0 Å². The van der Waals surface area contributed by atoms with Crippen LogP contribution in [0.3, 0.4) is 0 Å². The molecular formula is C15H24Cl2N4O. The van der Waals surface area contributed by atoms with Crippen LogP contribution in [0.1, 0.15) is 36.0 Å². The molecule has 0 radical (unpaired) electrons. The van der Waals surface area contributed by atoms with Crippen molar-refractivity contribution in [1.29, 1.82) is 0 Å². The lowest BCUT2D eigenvalue weighted by atomic mass is 10.2. The van der Waals surface area contributed by atoms with E-state index in [2.05, 4.69) is 15.2 Å². The molecule has 1 unspecified atom stereocenters. The molecule has 1 amide bonds. The van der Waals surface area contributed by atoms with Crippen LogP contribution in [0.2, 0.25) is 0 Å². The van der Waals surface area contributed by atoms with Gasteiger partial charge in [0.05, 0.1) is 5.56 Å².